The van der Waals surface area contributed by atoms with Gasteiger partial charge in [-0.15, -0.1) is 0 Å². The van der Waals surface area contributed by atoms with Gasteiger partial charge in [-0.1, -0.05) is 6.92 Å². The standard InChI is InChI=1S/C8H12O2/c1-5-3-4-7(9)6(2)8(5)10/h5,9H,3-4H2,1-2H3. The van der Waals surface area contributed by atoms with E-state index in [2.05, 4.69) is 0 Å². The lowest BCUT2D eigenvalue weighted by atomic mass is 9.89. The van der Waals surface area contributed by atoms with Crippen LogP contribution >= 0.6 is 0 Å². The van der Waals surface area contributed by atoms with Gasteiger partial charge in [-0.05, 0) is 13.3 Å². The second-order valence-corrected chi connectivity index (χ2v) is 2.88. The van der Waals surface area contributed by atoms with E-state index in [1.807, 2.05) is 6.92 Å². The SMILES string of the molecule is CC1=C(O)CCC(C)C1=O. The van der Waals surface area contributed by atoms with Crippen LogP contribution in [0.2, 0.25) is 0 Å². The van der Waals surface area contributed by atoms with Crippen molar-refractivity contribution in [1.29, 1.82) is 0 Å². The molecule has 2 heteroatoms. The summed E-state index contributed by atoms with van der Waals surface area (Å²) in [5.41, 5.74) is 0.554. The summed E-state index contributed by atoms with van der Waals surface area (Å²) in [6, 6.07) is 0. The van der Waals surface area contributed by atoms with Crippen LogP contribution < -0.4 is 0 Å². The molecule has 1 rings (SSSR count). The van der Waals surface area contributed by atoms with Crippen molar-refractivity contribution in [2.24, 2.45) is 5.92 Å². The van der Waals surface area contributed by atoms with Crippen LogP contribution in [0.1, 0.15) is 26.7 Å². The quantitative estimate of drug-likeness (QED) is 0.557. The lowest BCUT2D eigenvalue weighted by molar-refractivity contribution is -0.119. The minimum absolute atomic E-state index is 0.101. The topological polar surface area (TPSA) is 37.3 Å². The molecule has 1 unspecified atom stereocenters. The Morgan fingerprint density at radius 2 is 2.20 bits per heavy atom. The van der Waals surface area contributed by atoms with E-state index in [0.717, 1.165) is 6.42 Å². The van der Waals surface area contributed by atoms with Crippen molar-refractivity contribution in [3.8, 4) is 0 Å². The first-order valence-electron chi connectivity index (χ1n) is 3.56. The monoisotopic (exact) mass is 140 g/mol. The third-order valence-corrected chi connectivity index (χ3v) is 2.06. The summed E-state index contributed by atoms with van der Waals surface area (Å²) in [6.07, 6.45) is 1.46. The minimum Gasteiger partial charge on any atom is -0.512 e. The van der Waals surface area contributed by atoms with Crippen molar-refractivity contribution in [1.82, 2.24) is 0 Å². The van der Waals surface area contributed by atoms with Crippen molar-refractivity contribution < 1.29 is 9.90 Å². The molecule has 56 valence electrons. The molecule has 0 aromatic carbocycles. The third-order valence-electron chi connectivity index (χ3n) is 2.06. The highest BCUT2D eigenvalue weighted by Gasteiger charge is 2.22. The first kappa shape index (κ1) is 7.32. The number of ketones is 1. The van der Waals surface area contributed by atoms with Gasteiger partial charge in [0.25, 0.3) is 0 Å². The van der Waals surface area contributed by atoms with Crippen molar-refractivity contribution in [2.75, 3.05) is 0 Å². The number of allylic oxidation sites excluding steroid dienone is 2. The Labute approximate surface area is 60.6 Å². The molecule has 0 amide bonds. The van der Waals surface area contributed by atoms with Crippen molar-refractivity contribution >= 4 is 5.78 Å². The molecule has 2 nitrogen and oxygen atoms in total. The van der Waals surface area contributed by atoms with E-state index in [9.17, 15) is 4.79 Å². The van der Waals surface area contributed by atoms with Crippen LogP contribution in [-0.2, 0) is 4.79 Å². The minimum atomic E-state index is 0.101. The van der Waals surface area contributed by atoms with E-state index in [0.29, 0.717) is 12.0 Å². The van der Waals surface area contributed by atoms with Gasteiger partial charge in [-0.2, -0.15) is 0 Å². The summed E-state index contributed by atoms with van der Waals surface area (Å²) in [6.45, 7) is 3.59. The van der Waals surface area contributed by atoms with Crippen LogP contribution in [0.3, 0.4) is 0 Å². The molecule has 10 heavy (non-hydrogen) atoms. The molecule has 0 aromatic heterocycles. The molecule has 0 bridgehead atoms. The second-order valence-electron chi connectivity index (χ2n) is 2.88. The summed E-state index contributed by atoms with van der Waals surface area (Å²) >= 11 is 0. The van der Waals surface area contributed by atoms with Crippen LogP contribution in [0.25, 0.3) is 0 Å². The van der Waals surface area contributed by atoms with Gasteiger partial charge in [0.15, 0.2) is 5.78 Å². The fourth-order valence-corrected chi connectivity index (χ4v) is 1.18. The van der Waals surface area contributed by atoms with Gasteiger partial charge in [-0.25, -0.2) is 0 Å². The first-order chi connectivity index (χ1) is 4.63. The Hall–Kier alpha value is -0.790. The normalized spacial score (nSPS) is 27.4. The van der Waals surface area contributed by atoms with E-state index < -0.39 is 0 Å². The Morgan fingerprint density at radius 3 is 2.70 bits per heavy atom. The van der Waals surface area contributed by atoms with Crippen LogP contribution in [0.4, 0.5) is 0 Å². The zero-order valence-electron chi connectivity index (χ0n) is 6.35. The van der Waals surface area contributed by atoms with Gasteiger partial charge >= 0.3 is 0 Å². The lowest BCUT2D eigenvalue weighted by Crippen LogP contribution is -2.18. The lowest BCUT2D eigenvalue weighted by Gasteiger charge is -2.17. The summed E-state index contributed by atoms with van der Waals surface area (Å²) in [5, 5.41) is 9.12. The van der Waals surface area contributed by atoms with Gasteiger partial charge in [0.05, 0.1) is 5.76 Å². The molecule has 1 N–H and O–H groups in total. The highest BCUT2D eigenvalue weighted by atomic mass is 16.3. The van der Waals surface area contributed by atoms with E-state index in [-0.39, 0.29) is 17.5 Å². The van der Waals surface area contributed by atoms with Gasteiger partial charge < -0.3 is 5.11 Å². The van der Waals surface area contributed by atoms with Crippen molar-refractivity contribution in [2.45, 2.75) is 26.7 Å². The first-order valence-corrected chi connectivity index (χ1v) is 3.56. The molecule has 0 heterocycles. The smallest absolute Gasteiger partial charge is 0.164 e. The molecular formula is C8H12O2. The maximum atomic E-state index is 11.1. The summed E-state index contributed by atoms with van der Waals surface area (Å²) in [4.78, 5) is 11.1. The number of carbonyl (C=O) groups is 1. The molecule has 0 aliphatic heterocycles. The zero-order chi connectivity index (χ0) is 7.72. The zero-order valence-corrected chi connectivity index (χ0v) is 6.35. The maximum absolute atomic E-state index is 11.1. The van der Waals surface area contributed by atoms with E-state index in [4.69, 9.17) is 5.11 Å². The second kappa shape index (κ2) is 2.45. The summed E-state index contributed by atoms with van der Waals surface area (Å²) in [7, 11) is 0. The average Bonchev–Trinajstić information content (AvgIpc) is 1.93. The predicted molar refractivity (Wildman–Crippen MR) is 38.7 cm³/mol. The van der Waals surface area contributed by atoms with Crippen molar-refractivity contribution in [3.63, 3.8) is 0 Å². The molecule has 1 aliphatic carbocycles. The molecule has 0 saturated heterocycles. The van der Waals surface area contributed by atoms with Gasteiger partial charge in [0, 0.05) is 17.9 Å². The predicted octanol–water partition coefficient (Wildman–Crippen LogP) is 1.82. The van der Waals surface area contributed by atoms with Gasteiger partial charge in [0.2, 0.25) is 0 Å². The Bertz CT molecular complexity index is 191. The van der Waals surface area contributed by atoms with E-state index in [1.165, 1.54) is 0 Å². The van der Waals surface area contributed by atoms with E-state index >= 15 is 0 Å². The molecular weight excluding hydrogens is 128 g/mol. The maximum Gasteiger partial charge on any atom is 0.164 e. The Morgan fingerprint density at radius 1 is 1.60 bits per heavy atom. The molecule has 1 atom stereocenters. The number of Topliss-reactive ketones (excluding diaryl/α,β-unsaturated/α-hetero) is 1. The molecule has 0 saturated carbocycles. The molecule has 0 aromatic rings. The summed E-state index contributed by atoms with van der Waals surface area (Å²) < 4.78 is 0. The van der Waals surface area contributed by atoms with E-state index in [1.54, 1.807) is 6.92 Å². The average molecular weight is 140 g/mol. The number of aliphatic hydroxyl groups excluding tert-OH is 1. The number of carbonyl (C=O) groups excluding carboxylic acids is 1. The Kier molecular flexibility index (Phi) is 1.79. The fourth-order valence-electron chi connectivity index (χ4n) is 1.18. The fraction of sp³-hybridized carbons (Fsp3) is 0.625. The van der Waals surface area contributed by atoms with Gasteiger partial charge in [0.1, 0.15) is 0 Å². The van der Waals surface area contributed by atoms with Crippen molar-refractivity contribution in [3.05, 3.63) is 11.3 Å². The van der Waals surface area contributed by atoms with Crippen LogP contribution in [-0.4, -0.2) is 10.9 Å². The number of aliphatic hydroxyl groups is 1. The summed E-state index contributed by atoms with van der Waals surface area (Å²) in [5.74, 6) is 0.489. The van der Waals surface area contributed by atoms with Crippen LogP contribution in [0.5, 0.6) is 0 Å². The highest BCUT2D eigenvalue weighted by Crippen LogP contribution is 2.23. The molecule has 0 radical (unpaired) electrons. The third kappa shape index (κ3) is 1.06. The molecule has 1 aliphatic rings. The number of hydrogen-bond donors (Lipinski definition) is 1. The molecule has 0 fully saturated rings. The largest absolute Gasteiger partial charge is 0.512 e. The Balaban J connectivity index is 2.88. The highest BCUT2D eigenvalue weighted by molar-refractivity contribution is 5.97. The number of hydrogen-bond acceptors (Lipinski definition) is 2. The van der Waals surface area contributed by atoms with Gasteiger partial charge in [-0.3, -0.25) is 4.79 Å². The molecule has 0 spiro atoms. The van der Waals surface area contributed by atoms with Crippen LogP contribution in [0, 0.1) is 5.92 Å². The number of rotatable bonds is 0. The van der Waals surface area contributed by atoms with Crippen LogP contribution in [0.15, 0.2) is 11.3 Å².